The van der Waals surface area contributed by atoms with Crippen LogP contribution in [0.2, 0.25) is 25.7 Å². The van der Waals surface area contributed by atoms with Crippen LogP contribution in [0.15, 0.2) is 11.0 Å². The highest BCUT2D eigenvalue weighted by molar-refractivity contribution is 6.76. The van der Waals surface area contributed by atoms with Crippen LogP contribution in [-0.2, 0) is 11.5 Å². The molecule has 5 nitrogen and oxygen atoms in total. The zero-order chi connectivity index (χ0) is 13.1. The van der Waals surface area contributed by atoms with Gasteiger partial charge in [-0.25, -0.2) is 9.18 Å². The molecule has 0 aromatic carbocycles. The number of rotatable bonds is 5. The number of nitrogens with zero attached hydrogens (tertiary/aromatic N) is 2. The summed E-state index contributed by atoms with van der Waals surface area (Å²) in [5.74, 6) is -1.09. The Morgan fingerprint density at radius 1 is 1.53 bits per heavy atom. The highest BCUT2D eigenvalue weighted by Gasteiger charge is 2.12. The van der Waals surface area contributed by atoms with Crippen LogP contribution in [0.25, 0.3) is 0 Å². The molecule has 17 heavy (non-hydrogen) atoms. The van der Waals surface area contributed by atoms with Gasteiger partial charge in [-0.15, -0.1) is 0 Å². The van der Waals surface area contributed by atoms with Gasteiger partial charge in [-0.05, 0) is 6.04 Å². The Balaban J connectivity index is 2.53. The van der Waals surface area contributed by atoms with Crippen LogP contribution < -0.4 is 11.4 Å². The first kappa shape index (κ1) is 13.9. The van der Waals surface area contributed by atoms with Crippen LogP contribution >= 0.6 is 0 Å². The lowest BCUT2D eigenvalue weighted by molar-refractivity contribution is 0.0831. The van der Waals surface area contributed by atoms with E-state index in [0.717, 1.165) is 16.8 Å². The van der Waals surface area contributed by atoms with Crippen molar-refractivity contribution in [1.29, 1.82) is 0 Å². The largest absolute Gasteiger partial charge is 0.381 e. The van der Waals surface area contributed by atoms with Crippen molar-refractivity contribution in [2.75, 3.05) is 12.3 Å². The zero-order valence-electron chi connectivity index (χ0n) is 10.4. The third-order valence-electron chi connectivity index (χ3n) is 2.20. The van der Waals surface area contributed by atoms with Gasteiger partial charge in [0.15, 0.2) is 11.6 Å². The van der Waals surface area contributed by atoms with Crippen LogP contribution in [0.5, 0.6) is 0 Å². The zero-order valence-corrected chi connectivity index (χ0v) is 11.4. The lowest BCUT2D eigenvalue weighted by Crippen LogP contribution is -2.27. The minimum atomic E-state index is -1.15. The lowest BCUT2D eigenvalue weighted by atomic mass is 10.5. The summed E-state index contributed by atoms with van der Waals surface area (Å²) >= 11 is 0. The maximum Gasteiger partial charge on any atom is 0.351 e. The van der Waals surface area contributed by atoms with E-state index in [0.29, 0.717) is 6.61 Å². The van der Waals surface area contributed by atoms with Crippen molar-refractivity contribution in [3.63, 3.8) is 0 Å². The maximum atomic E-state index is 13.1. The summed E-state index contributed by atoms with van der Waals surface area (Å²) in [4.78, 5) is 14.7. The molecule has 0 aliphatic heterocycles. The first-order chi connectivity index (χ1) is 7.79. The molecule has 96 valence electrons. The van der Waals surface area contributed by atoms with Crippen molar-refractivity contribution >= 4 is 13.9 Å². The number of hydrogen-bond acceptors (Lipinski definition) is 4. The van der Waals surface area contributed by atoms with Gasteiger partial charge in [0.2, 0.25) is 0 Å². The molecule has 0 unspecified atom stereocenters. The molecule has 0 radical (unpaired) electrons. The quantitative estimate of drug-likeness (QED) is 0.638. The summed E-state index contributed by atoms with van der Waals surface area (Å²) in [7, 11) is -1.15. The summed E-state index contributed by atoms with van der Waals surface area (Å²) in [5.41, 5.74) is 4.57. The van der Waals surface area contributed by atoms with Crippen LogP contribution in [0, 0.1) is 5.82 Å². The Labute approximate surface area is 100 Å². The summed E-state index contributed by atoms with van der Waals surface area (Å²) in [6.45, 7) is 7.26. The van der Waals surface area contributed by atoms with E-state index in [1.807, 2.05) is 0 Å². The van der Waals surface area contributed by atoms with Gasteiger partial charge in [-0.3, -0.25) is 4.57 Å². The van der Waals surface area contributed by atoms with Gasteiger partial charge in [0.25, 0.3) is 0 Å². The first-order valence-electron chi connectivity index (χ1n) is 5.40. The number of anilines is 1. The molecule has 0 aliphatic rings. The van der Waals surface area contributed by atoms with Crippen molar-refractivity contribution in [1.82, 2.24) is 9.55 Å². The van der Waals surface area contributed by atoms with Gasteiger partial charge in [0, 0.05) is 14.7 Å². The third kappa shape index (κ3) is 4.66. The van der Waals surface area contributed by atoms with Crippen LogP contribution in [0.1, 0.15) is 0 Å². The predicted molar refractivity (Wildman–Crippen MR) is 67.0 cm³/mol. The van der Waals surface area contributed by atoms with Crippen molar-refractivity contribution < 1.29 is 9.13 Å². The fourth-order valence-corrected chi connectivity index (χ4v) is 1.87. The number of aromatic nitrogens is 2. The van der Waals surface area contributed by atoms with Crippen LogP contribution in [-0.4, -0.2) is 24.2 Å². The third-order valence-corrected chi connectivity index (χ3v) is 3.91. The smallest absolute Gasteiger partial charge is 0.351 e. The van der Waals surface area contributed by atoms with Crippen molar-refractivity contribution in [3.8, 4) is 0 Å². The van der Waals surface area contributed by atoms with Gasteiger partial charge >= 0.3 is 5.69 Å². The van der Waals surface area contributed by atoms with Crippen molar-refractivity contribution in [2.45, 2.75) is 32.4 Å². The van der Waals surface area contributed by atoms with E-state index in [1.54, 1.807) is 0 Å². The van der Waals surface area contributed by atoms with Gasteiger partial charge < -0.3 is 10.5 Å². The Morgan fingerprint density at radius 2 is 2.18 bits per heavy atom. The fraction of sp³-hybridized carbons (Fsp3) is 0.600. The topological polar surface area (TPSA) is 70.1 Å². The second-order valence-corrected chi connectivity index (χ2v) is 10.7. The number of ether oxygens (including phenoxy) is 1. The van der Waals surface area contributed by atoms with Crippen LogP contribution in [0.3, 0.4) is 0 Å². The highest BCUT2D eigenvalue weighted by Crippen LogP contribution is 2.07. The molecule has 2 N–H and O–H groups in total. The van der Waals surface area contributed by atoms with E-state index in [4.69, 9.17) is 10.5 Å². The first-order valence-corrected chi connectivity index (χ1v) is 9.10. The monoisotopic (exact) mass is 259 g/mol. The molecule has 0 amide bonds. The predicted octanol–water partition coefficient (Wildman–Crippen LogP) is 1.28. The molecule has 1 rings (SSSR count). The molecule has 0 fully saturated rings. The molecular weight excluding hydrogens is 241 g/mol. The molecular formula is C10H18FN3O2Si. The van der Waals surface area contributed by atoms with Crippen molar-refractivity contribution in [3.05, 3.63) is 22.5 Å². The molecule has 0 bridgehead atoms. The molecule has 0 atom stereocenters. The standard InChI is InChI=1S/C10H18FN3O2Si/c1-17(2,3)5-4-16-7-14-6-8(11)9(12)13-10(14)15/h6H,4-5,7H2,1-3H3,(H2,12,13,15). The van der Waals surface area contributed by atoms with E-state index >= 15 is 0 Å². The molecule has 0 saturated carbocycles. The summed E-state index contributed by atoms with van der Waals surface area (Å²) < 4.78 is 19.4. The second kappa shape index (κ2) is 5.41. The number of nitrogens with two attached hydrogens (primary N) is 1. The molecule has 1 aromatic rings. The molecule has 0 aliphatic carbocycles. The molecule has 7 heteroatoms. The Hall–Kier alpha value is -1.21. The normalized spacial score (nSPS) is 11.8. The van der Waals surface area contributed by atoms with E-state index in [9.17, 15) is 9.18 Å². The van der Waals surface area contributed by atoms with E-state index in [-0.39, 0.29) is 12.5 Å². The number of hydrogen-bond donors (Lipinski definition) is 1. The van der Waals surface area contributed by atoms with Gasteiger partial charge in [-0.2, -0.15) is 4.98 Å². The van der Waals surface area contributed by atoms with E-state index in [2.05, 4.69) is 24.6 Å². The minimum Gasteiger partial charge on any atom is -0.381 e. The second-order valence-electron chi connectivity index (χ2n) is 5.07. The molecule has 1 aromatic heterocycles. The lowest BCUT2D eigenvalue weighted by Gasteiger charge is -2.15. The van der Waals surface area contributed by atoms with Gasteiger partial charge in [0.1, 0.15) is 6.73 Å². The maximum absolute atomic E-state index is 13.1. The van der Waals surface area contributed by atoms with Gasteiger partial charge in [-0.1, -0.05) is 19.6 Å². The Bertz CT molecular complexity index is 442. The van der Waals surface area contributed by atoms with Crippen LogP contribution in [0.4, 0.5) is 10.2 Å². The number of nitrogen functional groups attached to an aromatic ring is 1. The Kier molecular flexibility index (Phi) is 4.41. The average molecular weight is 259 g/mol. The summed E-state index contributed by atoms with van der Waals surface area (Å²) in [6.07, 6.45) is 1.01. The van der Waals surface area contributed by atoms with Crippen molar-refractivity contribution in [2.24, 2.45) is 0 Å². The molecule has 0 saturated heterocycles. The summed E-state index contributed by atoms with van der Waals surface area (Å²) in [5, 5.41) is 0. The SMILES string of the molecule is C[Si](C)(C)CCOCn1cc(F)c(N)nc1=O. The molecule has 0 spiro atoms. The highest BCUT2D eigenvalue weighted by atomic mass is 28.3. The van der Waals surface area contributed by atoms with E-state index < -0.39 is 19.6 Å². The average Bonchev–Trinajstić information content (AvgIpc) is 2.18. The number of halogens is 1. The minimum absolute atomic E-state index is 0.00745. The fourth-order valence-electron chi connectivity index (χ4n) is 1.11. The van der Waals surface area contributed by atoms with E-state index in [1.165, 1.54) is 0 Å². The van der Waals surface area contributed by atoms with Gasteiger partial charge in [0.05, 0.1) is 6.20 Å². The molecule has 1 heterocycles. The Morgan fingerprint density at radius 3 is 2.76 bits per heavy atom. The summed E-state index contributed by atoms with van der Waals surface area (Å²) in [6, 6.07) is 0.993.